The Morgan fingerprint density at radius 1 is 0.951 bits per heavy atom. The van der Waals surface area contributed by atoms with Crippen LogP contribution < -0.4 is 10.1 Å². The molecule has 6 aromatic rings. The van der Waals surface area contributed by atoms with Crippen LogP contribution in [0.25, 0.3) is 55.6 Å². The lowest BCUT2D eigenvalue weighted by Crippen LogP contribution is -2.19. The zero-order chi connectivity index (χ0) is 28.3. The van der Waals surface area contributed by atoms with Crippen LogP contribution in [0.2, 0.25) is 0 Å². The molecule has 0 spiro atoms. The van der Waals surface area contributed by atoms with E-state index in [4.69, 9.17) is 4.74 Å². The molecule has 3 N–H and O–H groups in total. The number of ether oxygens (including phenoxy) is 1. The highest BCUT2D eigenvalue weighted by Gasteiger charge is 2.16. The average Bonchev–Trinajstić information content (AvgIpc) is 3.59. The molecule has 208 valence electrons. The summed E-state index contributed by atoms with van der Waals surface area (Å²) in [5, 5.41) is 13.0. The van der Waals surface area contributed by atoms with E-state index in [0.717, 1.165) is 80.8 Å². The van der Waals surface area contributed by atoms with Crippen molar-refractivity contribution in [2.75, 3.05) is 33.8 Å². The molecule has 41 heavy (non-hydrogen) atoms. The lowest BCUT2D eigenvalue weighted by molar-refractivity contribution is 0.260. The molecule has 0 bridgehead atoms. The van der Waals surface area contributed by atoms with Crippen molar-refractivity contribution < 1.29 is 9.13 Å². The maximum atomic E-state index is 14.6. The Labute approximate surface area is 237 Å². The molecular formula is C32H32FN7O. The number of benzene rings is 2. The highest BCUT2D eigenvalue weighted by atomic mass is 19.1. The molecule has 2 aromatic carbocycles. The van der Waals surface area contributed by atoms with Gasteiger partial charge in [-0.05, 0) is 73.7 Å². The zero-order valence-electron chi connectivity index (χ0n) is 23.3. The number of fused-ring (bicyclic) bond motifs is 2. The maximum Gasteiger partial charge on any atom is 0.127 e. The predicted molar refractivity (Wildman–Crippen MR) is 161 cm³/mol. The van der Waals surface area contributed by atoms with Gasteiger partial charge in [-0.1, -0.05) is 19.1 Å². The van der Waals surface area contributed by atoms with E-state index in [0.29, 0.717) is 12.4 Å². The molecule has 4 aromatic heterocycles. The fourth-order valence-corrected chi connectivity index (χ4v) is 4.96. The highest BCUT2D eigenvalue weighted by molar-refractivity contribution is 6.01. The van der Waals surface area contributed by atoms with Crippen LogP contribution in [0, 0.1) is 5.82 Å². The SMILES string of the molecule is CCNCc1cncc(-c2cc3c(-c4cc5c(-c6cc(F)cc(OCCN(C)C)c6)cccc5[nH]4)n[nH]c3cn2)c1. The second-order valence-corrected chi connectivity index (χ2v) is 10.3. The minimum absolute atomic E-state index is 0.336. The molecule has 0 saturated carbocycles. The van der Waals surface area contributed by atoms with Gasteiger partial charge in [-0.2, -0.15) is 5.10 Å². The number of hydrogen-bond acceptors (Lipinski definition) is 6. The number of aromatic nitrogens is 5. The van der Waals surface area contributed by atoms with Gasteiger partial charge in [0.1, 0.15) is 23.9 Å². The van der Waals surface area contributed by atoms with Crippen LogP contribution in [0.5, 0.6) is 5.75 Å². The molecule has 0 unspecified atom stereocenters. The number of hydrogen-bond donors (Lipinski definition) is 3. The third kappa shape index (κ3) is 5.68. The Balaban J connectivity index is 1.37. The van der Waals surface area contributed by atoms with E-state index in [1.807, 2.05) is 61.7 Å². The summed E-state index contributed by atoms with van der Waals surface area (Å²) in [5.74, 6) is 0.175. The maximum absolute atomic E-state index is 14.6. The van der Waals surface area contributed by atoms with E-state index in [-0.39, 0.29) is 5.82 Å². The molecule has 0 aliphatic heterocycles. The molecule has 0 saturated heterocycles. The van der Waals surface area contributed by atoms with Gasteiger partial charge < -0.3 is 19.9 Å². The first kappa shape index (κ1) is 26.6. The number of rotatable bonds is 10. The molecule has 0 radical (unpaired) electrons. The van der Waals surface area contributed by atoms with Crippen molar-refractivity contribution in [1.29, 1.82) is 0 Å². The highest BCUT2D eigenvalue weighted by Crippen LogP contribution is 2.36. The van der Waals surface area contributed by atoms with Crippen molar-refractivity contribution in [2.45, 2.75) is 13.5 Å². The second kappa shape index (κ2) is 11.5. The van der Waals surface area contributed by atoms with Crippen molar-refractivity contribution in [3.63, 3.8) is 0 Å². The number of nitrogens with one attached hydrogen (secondary N) is 3. The standard InChI is InChI=1S/C32H32FN7O/c1-4-34-16-20-10-22(18-35-17-20)29-15-27-31(19-36-29)38-39-32(27)30-14-26-25(6-5-7-28(26)37-30)21-11-23(33)13-24(12-21)41-9-8-40(2)3/h5-7,10-15,17-19,34,37H,4,8-9,16H2,1-3H3,(H,38,39). The van der Waals surface area contributed by atoms with Crippen molar-refractivity contribution >= 4 is 21.8 Å². The Bertz CT molecular complexity index is 1820. The molecule has 0 amide bonds. The number of likely N-dealkylation sites (N-methyl/N-ethyl adjacent to an activating group) is 1. The van der Waals surface area contributed by atoms with E-state index in [1.165, 1.54) is 6.07 Å². The molecule has 6 rings (SSSR count). The normalized spacial score (nSPS) is 11.6. The van der Waals surface area contributed by atoms with E-state index in [9.17, 15) is 4.39 Å². The number of H-pyrrole nitrogens is 2. The van der Waals surface area contributed by atoms with Gasteiger partial charge in [0.05, 0.1) is 23.1 Å². The monoisotopic (exact) mass is 549 g/mol. The fraction of sp³-hybridized carbons (Fsp3) is 0.219. The molecule has 0 atom stereocenters. The van der Waals surface area contributed by atoms with Crippen LogP contribution in [0.1, 0.15) is 12.5 Å². The minimum Gasteiger partial charge on any atom is -0.492 e. The van der Waals surface area contributed by atoms with E-state index < -0.39 is 0 Å². The van der Waals surface area contributed by atoms with Crippen molar-refractivity contribution in [2.24, 2.45) is 0 Å². The van der Waals surface area contributed by atoms with Crippen LogP contribution in [-0.4, -0.2) is 63.8 Å². The Kier molecular flexibility index (Phi) is 7.45. The van der Waals surface area contributed by atoms with Crippen LogP contribution in [0.15, 0.2) is 73.2 Å². The molecule has 0 fully saturated rings. The molecule has 0 aliphatic rings. The summed E-state index contributed by atoms with van der Waals surface area (Å²) in [6.07, 6.45) is 5.50. The first-order valence-electron chi connectivity index (χ1n) is 13.7. The third-order valence-corrected chi connectivity index (χ3v) is 7.03. The van der Waals surface area contributed by atoms with Crippen LogP contribution >= 0.6 is 0 Å². The van der Waals surface area contributed by atoms with E-state index >= 15 is 0 Å². The first-order valence-corrected chi connectivity index (χ1v) is 13.7. The number of pyridine rings is 2. The Hall–Kier alpha value is -4.60. The molecule has 9 heteroatoms. The van der Waals surface area contributed by atoms with Gasteiger partial charge in [-0.15, -0.1) is 0 Å². The van der Waals surface area contributed by atoms with Gasteiger partial charge in [0.15, 0.2) is 0 Å². The lowest BCUT2D eigenvalue weighted by Gasteiger charge is -2.12. The summed E-state index contributed by atoms with van der Waals surface area (Å²) < 4.78 is 20.5. The molecule has 8 nitrogen and oxygen atoms in total. The van der Waals surface area contributed by atoms with Crippen molar-refractivity contribution in [3.05, 3.63) is 84.6 Å². The Morgan fingerprint density at radius 3 is 2.71 bits per heavy atom. The van der Waals surface area contributed by atoms with Gasteiger partial charge >= 0.3 is 0 Å². The summed E-state index contributed by atoms with van der Waals surface area (Å²) in [7, 11) is 3.96. The van der Waals surface area contributed by atoms with Crippen LogP contribution in [-0.2, 0) is 6.54 Å². The summed E-state index contributed by atoms with van der Waals surface area (Å²) in [5.41, 5.74) is 7.95. The lowest BCUT2D eigenvalue weighted by atomic mass is 10.0. The van der Waals surface area contributed by atoms with Crippen molar-refractivity contribution in [1.82, 2.24) is 35.4 Å². The topological polar surface area (TPSA) is 94.8 Å². The summed E-state index contributed by atoms with van der Waals surface area (Å²) in [6.45, 7) is 4.95. The summed E-state index contributed by atoms with van der Waals surface area (Å²) in [4.78, 5) is 14.6. The van der Waals surface area contributed by atoms with E-state index in [1.54, 1.807) is 12.3 Å². The quantitative estimate of drug-likeness (QED) is 0.193. The third-order valence-electron chi connectivity index (χ3n) is 7.03. The molecular weight excluding hydrogens is 517 g/mol. The molecule has 4 heterocycles. The predicted octanol–water partition coefficient (Wildman–Crippen LogP) is 6.02. The number of halogens is 1. The molecule has 0 aliphatic carbocycles. The van der Waals surface area contributed by atoms with Gasteiger partial charge in [-0.3, -0.25) is 15.1 Å². The number of nitrogens with zero attached hydrogens (tertiary/aromatic N) is 4. The van der Waals surface area contributed by atoms with Gasteiger partial charge in [0.25, 0.3) is 0 Å². The average molecular weight is 550 g/mol. The van der Waals surface area contributed by atoms with Crippen LogP contribution in [0.4, 0.5) is 4.39 Å². The van der Waals surface area contributed by atoms with Crippen LogP contribution in [0.3, 0.4) is 0 Å². The van der Waals surface area contributed by atoms with Crippen molar-refractivity contribution in [3.8, 4) is 39.5 Å². The largest absolute Gasteiger partial charge is 0.492 e. The number of aromatic amines is 2. The van der Waals surface area contributed by atoms with Gasteiger partial charge in [-0.25, -0.2) is 4.39 Å². The second-order valence-electron chi connectivity index (χ2n) is 10.3. The Morgan fingerprint density at radius 2 is 1.85 bits per heavy atom. The smallest absolute Gasteiger partial charge is 0.127 e. The minimum atomic E-state index is -0.336. The van der Waals surface area contributed by atoms with Gasteiger partial charge in [0.2, 0.25) is 0 Å². The first-order chi connectivity index (χ1) is 20.0. The fourth-order valence-electron chi connectivity index (χ4n) is 4.96. The van der Waals surface area contributed by atoms with E-state index in [2.05, 4.69) is 49.5 Å². The summed E-state index contributed by atoms with van der Waals surface area (Å²) >= 11 is 0. The zero-order valence-corrected chi connectivity index (χ0v) is 23.3. The summed E-state index contributed by atoms with van der Waals surface area (Å²) in [6, 6.07) is 17.0. The van der Waals surface area contributed by atoms with Gasteiger partial charge in [0, 0.05) is 53.4 Å².